The molecule has 0 amide bonds. The molecule has 1 aromatic rings. The molecule has 1 aromatic heterocycles. The van der Waals surface area contributed by atoms with Gasteiger partial charge in [0.25, 0.3) is 0 Å². The van der Waals surface area contributed by atoms with Crippen molar-refractivity contribution in [2.24, 2.45) is 11.3 Å². The second kappa shape index (κ2) is 5.06. The highest BCUT2D eigenvalue weighted by atomic mass is 32.1. The minimum atomic E-state index is 0.303. The Morgan fingerprint density at radius 2 is 2.13 bits per heavy atom. The Hall–Kier alpha value is -0.440. The van der Waals surface area contributed by atoms with Gasteiger partial charge in [0.15, 0.2) is 0 Å². The van der Waals surface area contributed by atoms with Crippen LogP contribution in [0, 0.1) is 11.3 Å². The maximum absolute atomic E-state index is 4.45. The van der Waals surface area contributed by atoms with Crippen LogP contribution < -0.4 is 0 Å². The normalized spacial score (nSPS) is 14.2. The van der Waals surface area contributed by atoms with Crippen molar-refractivity contribution in [3.05, 3.63) is 18.2 Å². The van der Waals surface area contributed by atoms with Crippen LogP contribution in [-0.4, -0.2) is 15.3 Å². The van der Waals surface area contributed by atoms with Gasteiger partial charge in [0.1, 0.15) is 5.82 Å². The number of imidazole rings is 1. The summed E-state index contributed by atoms with van der Waals surface area (Å²) >= 11 is 4.45. The van der Waals surface area contributed by atoms with Crippen molar-refractivity contribution >= 4 is 12.6 Å². The summed E-state index contributed by atoms with van der Waals surface area (Å²) in [6.07, 6.45) is 4.95. The van der Waals surface area contributed by atoms with E-state index < -0.39 is 0 Å². The lowest BCUT2D eigenvalue weighted by Gasteiger charge is -2.30. The average Bonchev–Trinajstić information content (AvgIpc) is 2.59. The van der Waals surface area contributed by atoms with Crippen LogP contribution in [0.15, 0.2) is 12.4 Å². The van der Waals surface area contributed by atoms with Gasteiger partial charge in [-0.15, -0.1) is 0 Å². The second-order valence-electron chi connectivity index (χ2n) is 5.09. The fraction of sp³-hybridized carbons (Fsp3) is 0.750. The van der Waals surface area contributed by atoms with E-state index in [-0.39, 0.29) is 0 Å². The van der Waals surface area contributed by atoms with Crippen molar-refractivity contribution in [3.63, 3.8) is 0 Å². The molecule has 0 N–H and O–H groups in total. The topological polar surface area (TPSA) is 17.8 Å². The monoisotopic (exact) mass is 226 g/mol. The molecule has 1 atom stereocenters. The fourth-order valence-electron chi connectivity index (χ4n) is 1.66. The molecule has 0 aliphatic carbocycles. The number of aromatic nitrogens is 2. The minimum Gasteiger partial charge on any atom is -0.335 e. The smallest absolute Gasteiger partial charge is 0.108 e. The molecule has 0 bridgehead atoms. The van der Waals surface area contributed by atoms with E-state index in [1.165, 1.54) is 5.82 Å². The van der Waals surface area contributed by atoms with Crippen molar-refractivity contribution in [3.8, 4) is 0 Å². The zero-order valence-electron chi connectivity index (χ0n) is 10.2. The summed E-state index contributed by atoms with van der Waals surface area (Å²) < 4.78 is 2.26. The number of hydrogen-bond donors (Lipinski definition) is 1. The summed E-state index contributed by atoms with van der Waals surface area (Å²) in [5, 5.41) is 0. The first-order chi connectivity index (χ1) is 6.99. The Morgan fingerprint density at radius 3 is 2.60 bits per heavy atom. The van der Waals surface area contributed by atoms with Gasteiger partial charge in [-0.25, -0.2) is 4.98 Å². The van der Waals surface area contributed by atoms with Crippen LogP contribution in [0.1, 0.15) is 33.5 Å². The van der Waals surface area contributed by atoms with Crippen LogP contribution in [0.2, 0.25) is 0 Å². The van der Waals surface area contributed by atoms with Gasteiger partial charge in [-0.2, -0.15) is 12.6 Å². The van der Waals surface area contributed by atoms with E-state index in [1.54, 1.807) is 0 Å². The Labute approximate surface area is 98.5 Å². The Balaban J connectivity index is 2.75. The SMILES string of the molecule is CCc1nccn1CC(CS)C(C)(C)C. The first-order valence-electron chi connectivity index (χ1n) is 5.60. The number of nitrogens with zero attached hydrogens (tertiary/aromatic N) is 2. The number of thiol groups is 1. The average molecular weight is 226 g/mol. The molecule has 0 spiro atoms. The van der Waals surface area contributed by atoms with Crippen molar-refractivity contribution in [1.29, 1.82) is 0 Å². The predicted octanol–water partition coefficient (Wildman–Crippen LogP) is 3.04. The van der Waals surface area contributed by atoms with Crippen molar-refractivity contribution < 1.29 is 0 Å². The highest BCUT2D eigenvalue weighted by Crippen LogP contribution is 2.28. The number of aryl methyl sites for hydroxylation is 1. The van der Waals surface area contributed by atoms with E-state index in [4.69, 9.17) is 0 Å². The number of hydrogen-bond acceptors (Lipinski definition) is 2. The highest BCUT2D eigenvalue weighted by Gasteiger charge is 2.23. The third-order valence-electron chi connectivity index (χ3n) is 2.98. The van der Waals surface area contributed by atoms with Crippen LogP contribution in [0.25, 0.3) is 0 Å². The highest BCUT2D eigenvalue weighted by molar-refractivity contribution is 7.80. The summed E-state index contributed by atoms with van der Waals surface area (Å²) in [6.45, 7) is 9.99. The molecule has 1 heterocycles. The van der Waals surface area contributed by atoms with Crippen LogP contribution in [0.5, 0.6) is 0 Å². The molecular weight excluding hydrogens is 204 g/mol. The van der Waals surface area contributed by atoms with E-state index in [1.807, 2.05) is 6.20 Å². The Morgan fingerprint density at radius 1 is 1.47 bits per heavy atom. The van der Waals surface area contributed by atoms with E-state index in [9.17, 15) is 0 Å². The van der Waals surface area contributed by atoms with Crippen LogP contribution >= 0.6 is 12.6 Å². The summed E-state index contributed by atoms with van der Waals surface area (Å²) in [7, 11) is 0. The quantitative estimate of drug-likeness (QED) is 0.781. The first-order valence-corrected chi connectivity index (χ1v) is 6.23. The van der Waals surface area contributed by atoms with Crippen molar-refractivity contribution in [2.75, 3.05) is 5.75 Å². The summed E-state index contributed by atoms with van der Waals surface area (Å²) in [4.78, 5) is 4.34. The molecule has 0 saturated heterocycles. The molecule has 1 unspecified atom stereocenters. The lowest BCUT2D eigenvalue weighted by Crippen LogP contribution is -2.27. The molecule has 1 rings (SSSR count). The molecular formula is C12H22N2S. The fourth-order valence-corrected chi connectivity index (χ4v) is 2.33. The van der Waals surface area contributed by atoms with Gasteiger partial charge in [0.2, 0.25) is 0 Å². The van der Waals surface area contributed by atoms with Gasteiger partial charge in [-0.05, 0) is 17.1 Å². The summed E-state index contributed by atoms with van der Waals surface area (Å²) in [5.41, 5.74) is 0.303. The van der Waals surface area contributed by atoms with E-state index in [0.717, 1.165) is 18.7 Å². The van der Waals surface area contributed by atoms with Crippen molar-refractivity contribution in [2.45, 2.75) is 40.7 Å². The Bertz CT molecular complexity index is 299. The summed E-state index contributed by atoms with van der Waals surface area (Å²) in [6, 6.07) is 0. The largest absolute Gasteiger partial charge is 0.335 e. The van der Waals surface area contributed by atoms with Crippen LogP contribution in [0.3, 0.4) is 0 Å². The molecule has 0 aliphatic heterocycles. The van der Waals surface area contributed by atoms with E-state index in [2.05, 4.69) is 56.1 Å². The molecule has 0 fully saturated rings. The van der Waals surface area contributed by atoms with Gasteiger partial charge in [-0.3, -0.25) is 0 Å². The Kier molecular flexibility index (Phi) is 4.26. The van der Waals surface area contributed by atoms with Crippen molar-refractivity contribution in [1.82, 2.24) is 9.55 Å². The maximum atomic E-state index is 4.45. The lowest BCUT2D eigenvalue weighted by molar-refractivity contribution is 0.236. The zero-order chi connectivity index (χ0) is 11.5. The number of rotatable bonds is 4. The molecule has 86 valence electrons. The molecule has 0 radical (unpaired) electrons. The molecule has 3 heteroatoms. The van der Waals surface area contributed by atoms with Gasteiger partial charge >= 0.3 is 0 Å². The molecule has 0 aromatic carbocycles. The van der Waals surface area contributed by atoms with Gasteiger partial charge < -0.3 is 4.57 Å². The predicted molar refractivity (Wildman–Crippen MR) is 68.4 cm³/mol. The summed E-state index contributed by atoms with van der Waals surface area (Å²) in [5.74, 6) is 2.68. The maximum Gasteiger partial charge on any atom is 0.108 e. The molecule has 0 aliphatic rings. The first kappa shape index (κ1) is 12.6. The second-order valence-corrected chi connectivity index (χ2v) is 5.46. The zero-order valence-corrected chi connectivity index (χ0v) is 11.1. The third-order valence-corrected chi connectivity index (χ3v) is 3.42. The third kappa shape index (κ3) is 3.26. The standard InChI is InChI=1S/C12H22N2S/c1-5-11-13-6-7-14(11)8-10(9-15)12(2,3)4/h6-7,10,15H,5,8-9H2,1-4H3. The van der Waals surface area contributed by atoms with Crippen LogP contribution in [0.4, 0.5) is 0 Å². The van der Waals surface area contributed by atoms with Gasteiger partial charge in [0.05, 0.1) is 0 Å². The van der Waals surface area contributed by atoms with E-state index in [0.29, 0.717) is 11.3 Å². The molecule has 15 heavy (non-hydrogen) atoms. The van der Waals surface area contributed by atoms with Gasteiger partial charge in [-0.1, -0.05) is 27.7 Å². The molecule has 2 nitrogen and oxygen atoms in total. The van der Waals surface area contributed by atoms with E-state index >= 15 is 0 Å². The van der Waals surface area contributed by atoms with Crippen LogP contribution in [-0.2, 0) is 13.0 Å². The molecule has 0 saturated carbocycles. The van der Waals surface area contributed by atoms with Gasteiger partial charge in [0, 0.05) is 25.4 Å². The minimum absolute atomic E-state index is 0.303. The lowest BCUT2D eigenvalue weighted by atomic mass is 9.82.